The van der Waals surface area contributed by atoms with E-state index in [2.05, 4.69) is 36.5 Å². The maximum atomic E-state index is 12.4. The van der Waals surface area contributed by atoms with E-state index in [0.717, 1.165) is 26.6 Å². The highest BCUT2D eigenvalue weighted by Gasteiger charge is 2.18. The van der Waals surface area contributed by atoms with Crippen LogP contribution in [0.1, 0.15) is 15.5 Å². The number of amides is 1. The number of methoxy groups -OCH3 is 1. The number of benzene rings is 1. The van der Waals surface area contributed by atoms with E-state index in [-0.39, 0.29) is 17.4 Å². The molecule has 0 saturated heterocycles. The zero-order valence-corrected chi connectivity index (χ0v) is 15.7. The Morgan fingerprint density at radius 3 is 2.77 bits per heavy atom. The average molecular weight is 438 g/mol. The monoisotopic (exact) mass is 437 g/mol. The summed E-state index contributed by atoms with van der Waals surface area (Å²) in [5.74, 6) is -1.24. The highest BCUT2D eigenvalue weighted by molar-refractivity contribution is 9.10. The molecule has 2 N–H and O–H groups in total. The lowest BCUT2D eigenvalue weighted by atomic mass is 10.3. The summed E-state index contributed by atoms with van der Waals surface area (Å²) in [5, 5.41) is 24.9. The molecular formula is C15H12BrN5O4S. The number of carbonyl (C=O) groups excluding carboxylic acids is 1. The van der Waals surface area contributed by atoms with Crippen molar-refractivity contribution in [2.24, 2.45) is 0 Å². The lowest BCUT2D eigenvalue weighted by Crippen LogP contribution is -2.25. The number of carbonyl (C=O) groups is 1. The maximum absolute atomic E-state index is 12.4. The van der Waals surface area contributed by atoms with Crippen LogP contribution in [-0.2, 0) is 11.3 Å². The van der Waals surface area contributed by atoms with Crippen LogP contribution in [0.25, 0.3) is 5.69 Å². The van der Waals surface area contributed by atoms with E-state index >= 15 is 0 Å². The summed E-state index contributed by atoms with van der Waals surface area (Å²) in [5.41, 5.74) is -0.429. The lowest BCUT2D eigenvalue weighted by molar-refractivity contribution is 0.101. The minimum absolute atomic E-state index is 0.227. The maximum Gasteiger partial charge on any atom is 0.281 e. The van der Waals surface area contributed by atoms with E-state index in [9.17, 15) is 14.7 Å². The van der Waals surface area contributed by atoms with Gasteiger partial charge in [0.25, 0.3) is 11.5 Å². The van der Waals surface area contributed by atoms with Gasteiger partial charge in [-0.3, -0.25) is 14.9 Å². The number of aromatic nitrogens is 4. The Hall–Kier alpha value is -2.63. The Labute approximate surface area is 159 Å². The number of hydrogen-bond donors (Lipinski definition) is 2. The molecule has 2 aromatic heterocycles. The second-order valence-electron chi connectivity index (χ2n) is 4.99. The van der Waals surface area contributed by atoms with Crippen LogP contribution in [-0.4, -0.2) is 38.1 Å². The third-order valence-electron chi connectivity index (χ3n) is 3.15. The Bertz CT molecular complexity index is 1000. The highest BCUT2D eigenvalue weighted by atomic mass is 79.9. The molecule has 0 aliphatic heterocycles. The SMILES string of the molecule is COCc1nnc(NC(=O)c2nn(-c3ccc(Br)cc3)c(=O)cc2O)s1. The van der Waals surface area contributed by atoms with Crippen LogP contribution in [0.5, 0.6) is 5.75 Å². The van der Waals surface area contributed by atoms with Crippen molar-refractivity contribution in [3.05, 3.63) is 55.9 Å². The predicted molar refractivity (Wildman–Crippen MR) is 97.8 cm³/mol. The Morgan fingerprint density at radius 2 is 2.08 bits per heavy atom. The first-order chi connectivity index (χ1) is 12.5. The number of halogens is 1. The molecule has 0 fully saturated rings. The fourth-order valence-corrected chi connectivity index (χ4v) is 2.99. The van der Waals surface area contributed by atoms with Gasteiger partial charge in [-0.15, -0.1) is 10.2 Å². The topological polar surface area (TPSA) is 119 Å². The zero-order valence-electron chi connectivity index (χ0n) is 13.3. The molecule has 0 atom stereocenters. The van der Waals surface area contributed by atoms with E-state index in [4.69, 9.17) is 4.74 Å². The van der Waals surface area contributed by atoms with Crippen molar-refractivity contribution < 1.29 is 14.6 Å². The number of aromatic hydroxyl groups is 1. The summed E-state index contributed by atoms with van der Waals surface area (Å²) in [6, 6.07) is 7.70. The molecule has 26 heavy (non-hydrogen) atoms. The minimum Gasteiger partial charge on any atom is -0.505 e. The Kier molecular flexibility index (Phi) is 5.40. The predicted octanol–water partition coefficient (Wildman–Crippen LogP) is 1.95. The molecule has 1 amide bonds. The second-order valence-corrected chi connectivity index (χ2v) is 6.97. The number of ether oxygens (including phenoxy) is 1. The number of rotatable bonds is 5. The zero-order chi connectivity index (χ0) is 18.7. The average Bonchev–Trinajstić information content (AvgIpc) is 3.03. The Morgan fingerprint density at radius 1 is 1.35 bits per heavy atom. The lowest BCUT2D eigenvalue weighted by Gasteiger charge is -2.08. The summed E-state index contributed by atoms with van der Waals surface area (Å²) in [6.07, 6.45) is 0. The van der Waals surface area contributed by atoms with Crippen molar-refractivity contribution in [2.75, 3.05) is 12.4 Å². The third kappa shape index (κ3) is 3.95. The van der Waals surface area contributed by atoms with Crippen molar-refractivity contribution in [2.45, 2.75) is 6.61 Å². The van der Waals surface area contributed by atoms with Crippen molar-refractivity contribution in [1.29, 1.82) is 0 Å². The molecule has 134 valence electrons. The fourth-order valence-electron chi connectivity index (χ4n) is 2.02. The van der Waals surface area contributed by atoms with E-state index in [0.29, 0.717) is 10.7 Å². The molecular weight excluding hydrogens is 426 g/mol. The van der Waals surface area contributed by atoms with Gasteiger partial charge in [0.2, 0.25) is 5.13 Å². The van der Waals surface area contributed by atoms with E-state index < -0.39 is 17.2 Å². The van der Waals surface area contributed by atoms with E-state index in [1.807, 2.05) is 0 Å². The first-order valence-electron chi connectivity index (χ1n) is 7.20. The Balaban J connectivity index is 1.91. The smallest absolute Gasteiger partial charge is 0.281 e. The van der Waals surface area contributed by atoms with Crippen LogP contribution in [0.4, 0.5) is 5.13 Å². The molecule has 0 spiro atoms. The highest BCUT2D eigenvalue weighted by Crippen LogP contribution is 2.19. The fraction of sp³-hybridized carbons (Fsp3) is 0.133. The molecule has 0 aliphatic carbocycles. The van der Waals surface area contributed by atoms with E-state index in [1.165, 1.54) is 7.11 Å². The normalized spacial score (nSPS) is 10.7. The van der Waals surface area contributed by atoms with Crippen molar-refractivity contribution >= 4 is 38.3 Å². The number of hydrogen-bond acceptors (Lipinski definition) is 8. The van der Waals surface area contributed by atoms with E-state index in [1.54, 1.807) is 24.3 Å². The van der Waals surface area contributed by atoms with Gasteiger partial charge in [0.1, 0.15) is 11.6 Å². The van der Waals surface area contributed by atoms with Gasteiger partial charge in [0.15, 0.2) is 11.4 Å². The molecule has 0 unspecified atom stereocenters. The summed E-state index contributed by atoms with van der Waals surface area (Å²) >= 11 is 4.43. The third-order valence-corrected chi connectivity index (χ3v) is 4.49. The molecule has 3 aromatic rings. The van der Waals surface area contributed by atoms with Gasteiger partial charge in [0.05, 0.1) is 5.69 Å². The molecule has 2 heterocycles. The van der Waals surface area contributed by atoms with Crippen LogP contribution in [0.3, 0.4) is 0 Å². The standard InChI is InChI=1S/C15H12BrN5O4S/c1-25-7-11-18-19-15(26-11)17-14(24)13-10(22)6-12(23)21(20-13)9-4-2-8(16)3-5-9/h2-6,22H,7H2,1H3,(H,17,19,24). The first kappa shape index (κ1) is 18.2. The molecule has 1 aromatic carbocycles. The van der Waals surface area contributed by atoms with Gasteiger partial charge in [-0.1, -0.05) is 27.3 Å². The molecule has 3 rings (SSSR count). The van der Waals surface area contributed by atoms with Gasteiger partial charge in [-0.05, 0) is 24.3 Å². The molecule has 0 radical (unpaired) electrons. The van der Waals surface area contributed by atoms with Crippen LogP contribution in [0.2, 0.25) is 0 Å². The van der Waals surface area contributed by atoms with Gasteiger partial charge in [-0.25, -0.2) is 0 Å². The minimum atomic E-state index is -0.714. The number of anilines is 1. The molecule has 0 saturated carbocycles. The molecule has 0 aliphatic rings. The van der Waals surface area contributed by atoms with Gasteiger partial charge in [0, 0.05) is 17.6 Å². The second kappa shape index (κ2) is 7.72. The quantitative estimate of drug-likeness (QED) is 0.625. The molecule has 0 bridgehead atoms. The van der Waals surface area contributed by atoms with Crippen LogP contribution >= 0.6 is 27.3 Å². The summed E-state index contributed by atoms with van der Waals surface area (Å²) < 4.78 is 6.79. The number of nitrogens with zero attached hydrogens (tertiary/aromatic N) is 4. The van der Waals surface area contributed by atoms with Crippen LogP contribution in [0.15, 0.2) is 39.6 Å². The summed E-state index contributed by atoms with van der Waals surface area (Å²) in [7, 11) is 1.52. The number of nitrogens with one attached hydrogen (secondary N) is 1. The van der Waals surface area contributed by atoms with Crippen molar-refractivity contribution in [1.82, 2.24) is 20.0 Å². The molecule has 11 heteroatoms. The first-order valence-corrected chi connectivity index (χ1v) is 8.81. The summed E-state index contributed by atoms with van der Waals surface area (Å²) in [4.78, 5) is 24.5. The molecule has 9 nitrogen and oxygen atoms in total. The van der Waals surface area contributed by atoms with Crippen molar-refractivity contribution in [3.8, 4) is 11.4 Å². The van der Waals surface area contributed by atoms with Crippen molar-refractivity contribution in [3.63, 3.8) is 0 Å². The van der Waals surface area contributed by atoms with Gasteiger partial charge in [-0.2, -0.15) is 9.78 Å². The van der Waals surface area contributed by atoms with Gasteiger partial charge < -0.3 is 9.84 Å². The van der Waals surface area contributed by atoms with Crippen LogP contribution in [0, 0.1) is 0 Å². The van der Waals surface area contributed by atoms with Gasteiger partial charge >= 0.3 is 0 Å². The summed E-state index contributed by atoms with van der Waals surface area (Å²) in [6.45, 7) is 0.269. The largest absolute Gasteiger partial charge is 0.505 e. The van der Waals surface area contributed by atoms with Crippen LogP contribution < -0.4 is 10.9 Å².